The summed E-state index contributed by atoms with van der Waals surface area (Å²) in [4.78, 5) is 30.4. The van der Waals surface area contributed by atoms with Gasteiger partial charge in [-0.3, -0.25) is 9.78 Å². The fourth-order valence-electron chi connectivity index (χ4n) is 2.86. The second-order valence-corrected chi connectivity index (χ2v) is 6.56. The van der Waals surface area contributed by atoms with Gasteiger partial charge in [0.25, 0.3) is 5.91 Å². The molecule has 6 nitrogen and oxygen atoms in total. The number of ether oxygens (including phenoxy) is 1. The van der Waals surface area contributed by atoms with Crippen LogP contribution in [0, 0.1) is 0 Å². The van der Waals surface area contributed by atoms with Gasteiger partial charge in [-0.15, -0.1) is 0 Å². The summed E-state index contributed by atoms with van der Waals surface area (Å²) in [6.07, 6.45) is 3.35. The van der Waals surface area contributed by atoms with Crippen molar-refractivity contribution in [3.8, 4) is 0 Å². The number of para-hydroxylation sites is 1. The van der Waals surface area contributed by atoms with Crippen molar-refractivity contribution in [2.45, 2.75) is 19.9 Å². The number of fused-ring (bicyclic) bond motifs is 1. The van der Waals surface area contributed by atoms with Crippen molar-refractivity contribution in [1.29, 1.82) is 0 Å². The molecule has 2 aromatic rings. The summed E-state index contributed by atoms with van der Waals surface area (Å²) in [6.45, 7) is 2.92. The van der Waals surface area contributed by atoms with Crippen LogP contribution in [0.4, 0.5) is 10.5 Å². The predicted molar refractivity (Wildman–Crippen MR) is 99.8 cm³/mol. The maximum Gasteiger partial charge on any atom is 0.410 e. The first kappa shape index (κ1) is 18.5. The summed E-state index contributed by atoms with van der Waals surface area (Å²) < 4.78 is 5.04. The van der Waals surface area contributed by atoms with Crippen molar-refractivity contribution in [3.63, 3.8) is 0 Å². The Labute approximate surface area is 161 Å². The molecule has 2 heterocycles. The number of carbonyl (C=O) groups excluding carboxylic acids is 2. The van der Waals surface area contributed by atoms with Crippen LogP contribution in [0.1, 0.15) is 28.4 Å². The van der Waals surface area contributed by atoms with Gasteiger partial charge in [-0.2, -0.15) is 0 Å². The lowest BCUT2D eigenvalue weighted by Crippen LogP contribution is -2.37. The maximum atomic E-state index is 12.7. The molecule has 0 spiro atoms. The number of aromatic nitrogens is 1. The van der Waals surface area contributed by atoms with Crippen LogP contribution >= 0.6 is 23.2 Å². The van der Waals surface area contributed by atoms with Gasteiger partial charge in [-0.05, 0) is 36.6 Å². The predicted octanol–water partition coefficient (Wildman–Crippen LogP) is 4.16. The van der Waals surface area contributed by atoms with Crippen molar-refractivity contribution in [3.05, 3.63) is 57.3 Å². The third-order valence-electron chi connectivity index (χ3n) is 4.11. The smallest absolute Gasteiger partial charge is 0.410 e. The Balaban J connectivity index is 1.84. The summed E-state index contributed by atoms with van der Waals surface area (Å²) in [7, 11) is 0. The highest BCUT2D eigenvalue weighted by Crippen LogP contribution is 2.31. The third-order valence-corrected chi connectivity index (χ3v) is 4.74. The van der Waals surface area contributed by atoms with Crippen molar-refractivity contribution < 1.29 is 14.3 Å². The van der Waals surface area contributed by atoms with E-state index in [1.165, 1.54) is 6.20 Å². The molecule has 1 aliphatic rings. The van der Waals surface area contributed by atoms with Crippen molar-refractivity contribution in [1.82, 2.24) is 9.88 Å². The number of nitrogens with zero attached hydrogens (tertiary/aromatic N) is 2. The molecule has 0 unspecified atom stereocenters. The van der Waals surface area contributed by atoms with Crippen LogP contribution < -0.4 is 5.32 Å². The van der Waals surface area contributed by atoms with Gasteiger partial charge in [0, 0.05) is 18.9 Å². The van der Waals surface area contributed by atoms with E-state index < -0.39 is 0 Å². The van der Waals surface area contributed by atoms with Crippen LogP contribution in [0.3, 0.4) is 0 Å². The first-order valence-electron chi connectivity index (χ1n) is 8.14. The highest BCUT2D eigenvalue weighted by Gasteiger charge is 2.26. The number of anilines is 1. The lowest BCUT2D eigenvalue weighted by atomic mass is 9.97. The van der Waals surface area contributed by atoms with Gasteiger partial charge in [-0.25, -0.2) is 4.79 Å². The molecule has 0 saturated carbocycles. The van der Waals surface area contributed by atoms with Gasteiger partial charge < -0.3 is 15.0 Å². The van der Waals surface area contributed by atoms with E-state index in [-0.39, 0.29) is 12.0 Å². The molecule has 136 valence electrons. The van der Waals surface area contributed by atoms with Gasteiger partial charge in [0.15, 0.2) is 0 Å². The number of hydrogen-bond donors (Lipinski definition) is 1. The molecule has 1 aromatic heterocycles. The summed E-state index contributed by atoms with van der Waals surface area (Å²) >= 11 is 12.2. The summed E-state index contributed by atoms with van der Waals surface area (Å²) in [6, 6.07) is 5.01. The number of benzene rings is 1. The highest BCUT2D eigenvalue weighted by atomic mass is 35.5. The number of rotatable bonds is 3. The lowest BCUT2D eigenvalue weighted by molar-refractivity contribution is 0.101. The normalized spacial score (nSPS) is 13.1. The van der Waals surface area contributed by atoms with Gasteiger partial charge in [0.2, 0.25) is 0 Å². The van der Waals surface area contributed by atoms with Crippen LogP contribution in [-0.4, -0.2) is 35.0 Å². The number of hydrogen-bond acceptors (Lipinski definition) is 4. The largest absolute Gasteiger partial charge is 0.450 e. The summed E-state index contributed by atoms with van der Waals surface area (Å²) in [5.74, 6) is -0.339. The van der Waals surface area contributed by atoms with Crippen LogP contribution in [-0.2, 0) is 17.7 Å². The van der Waals surface area contributed by atoms with Crippen LogP contribution in [0.5, 0.6) is 0 Å². The fraction of sp³-hybridized carbons (Fsp3) is 0.278. The minimum absolute atomic E-state index is 0.321. The second kappa shape index (κ2) is 7.93. The quantitative estimate of drug-likeness (QED) is 0.849. The molecule has 2 amide bonds. The van der Waals surface area contributed by atoms with E-state index in [4.69, 9.17) is 27.9 Å². The van der Waals surface area contributed by atoms with Crippen LogP contribution in [0.15, 0.2) is 30.6 Å². The molecule has 1 aromatic carbocycles. The summed E-state index contributed by atoms with van der Waals surface area (Å²) in [5, 5.41) is 3.47. The Kier molecular flexibility index (Phi) is 5.64. The summed E-state index contributed by atoms with van der Waals surface area (Å²) in [5.41, 5.74) is 2.49. The molecule has 0 radical (unpaired) electrons. The molecular formula is C18H17Cl2N3O3. The maximum absolute atomic E-state index is 12.7. The van der Waals surface area contributed by atoms with Crippen molar-refractivity contribution >= 4 is 40.9 Å². The van der Waals surface area contributed by atoms with Crippen LogP contribution in [0.25, 0.3) is 0 Å². The molecule has 1 aliphatic heterocycles. The first-order valence-corrected chi connectivity index (χ1v) is 8.89. The zero-order chi connectivity index (χ0) is 18.7. The Morgan fingerprint density at radius 3 is 2.69 bits per heavy atom. The van der Waals surface area contributed by atoms with E-state index in [0.717, 1.165) is 11.1 Å². The molecule has 8 heteroatoms. The molecule has 1 N–H and O–H groups in total. The fourth-order valence-corrected chi connectivity index (χ4v) is 3.35. The van der Waals surface area contributed by atoms with Gasteiger partial charge in [0.05, 0.1) is 34.4 Å². The SMILES string of the molecule is CCOC(=O)N1CCc2c(cncc2C(=O)Nc2c(Cl)cccc2Cl)C1. The van der Waals surface area contributed by atoms with Crippen LogP contribution in [0.2, 0.25) is 10.0 Å². The Hall–Kier alpha value is -2.31. The zero-order valence-electron chi connectivity index (χ0n) is 14.1. The average molecular weight is 394 g/mol. The Morgan fingerprint density at radius 2 is 2.00 bits per heavy atom. The number of carbonyl (C=O) groups is 2. The molecule has 0 saturated heterocycles. The standard InChI is InChI=1S/C18H17Cl2N3O3/c1-2-26-18(25)23-7-6-12-11(10-23)8-21-9-13(12)17(24)22-16-14(19)4-3-5-15(16)20/h3-5,8-9H,2,6-7,10H2,1H3,(H,22,24). The van der Waals surface area contributed by atoms with Crippen molar-refractivity contribution in [2.24, 2.45) is 0 Å². The molecular weight excluding hydrogens is 377 g/mol. The van der Waals surface area contributed by atoms with E-state index in [1.54, 1.807) is 36.2 Å². The first-order chi connectivity index (χ1) is 12.5. The third kappa shape index (κ3) is 3.76. The number of pyridine rings is 1. The van der Waals surface area contributed by atoms with E-state index in [1.807, 2.05) is 0 Å². The lowest BCUT2D eigenvalue weighted by Gasteiger charge is -2.28. The molecule has 26 heavy (non-hydrogen) atoms. The van der Waals surface area contributed by atoms with E-state index >= 15 is 0 Å². The van der Waals surface area contributed by atoms with Gasteiger partial charge in [-0.1, -0.05) is 29.3 Å². The Bertz CT molecular complexity index is 837. The molecule has 0 atom stereocenters. The van der Waals surface area contributed by atoms with E-state index in [9.17, 15) is 9.59 Å². The zero-order valence-corrected chi connectivity index (χ0v) is 15.6. The van der Waals surface area contributed by atoms with Gasteiger partial charge in [0.1, 0.15) is 0 Å². The number of amides is 2. The van der Waals surface area contributed by atoms with Gasteiger partial charge >= 0.3 is 6.09 Å². The molecule has 0 aliphatic carbocycles. The van der Waals surface area contributed by atoms with E-state index in [2.05, 4.69) is 10.3 Å². The minimum Gasteiger partial charge on any atom is -0.450 e. The second-order valence-electron chi connectivity index (χ2n) is 5.75. The average Bonchev–Trinajstić information content (AvgIpc) is 2.64. The number of halogens is 2. The molecule has 0 bridgehead atoms. The number of nitrogens with one attached hydrogen (secondary N) is 1. The Morgan fingerprint density at radius 1 is 1.27 bits per heavy atom. The monoisotopic (exact) mass is 393 g/mol. The highest BCUT2D eigenvalue weighted by molar-refractivity contribution is 6.40. The van der Waals surface area contributed by atoms with E-state index in [0.29, 0.717) is 47.4 Å². The van der Waals surface area contributed by atoms with Crippen molar-refractivity contribution in [2.75, 3.05) is 18.5 Å². The molecule has 0 fully saturated rings. The topological polar surface area (TPSA) is 71.5 Å². The minimum atomic E-state index is -0.365. The molecule has 3 rings (SSSR count).